The summed E-state index contributed by atoms with van der Waals surface area (Å²) in [6.07, 6.45) is 1.48. The second-order valence-corrected chi connectivity index (χ2v) is 3.60. The topological polar surface area (TPSA) is 122 Å². The molecule has 0 bridgehead atoms. The van der Waals surface area contributed by atoms with Crippen LogP contribution < -0.4 is 0 Å². The minimum absolute atomic E-state index is 0.0908. The number of benzene rings is 1. The average Bonchev–Trinajstić information content (AvgIpc) is 2.41. The Kier molecular flexibility index (Phi) is 4.79. The van der Waals surface area contributed by atoms with E-state index in [9.17, 15) is 9.59 Å². The van der Waals surface area contributed by atoms with Gasteiger partial charge in [0.05, 0.1) is 11.1 Å². The predicted molar refractivity (Wildman–Crippen MR) is 68.9 cm³/mol. The van der Waals surface area contributed by atoms with Crippen molar-refractivity contribution in [1.82, 2.24) is 0 Å². The number of carbonyl (C=O) groups is 2. The number of aliphatic carboxylic acids is 2. The molecule has 1 aromatic carbocycles. The van der Waals surface area contributed by atoms with E-state index in [2.05, 4.69) is 0 Å². The van der Waals surface area contributed by atoms with Gasteiger partial charge in [0.15, 0.2) is 0 Å². The van der Waals surface area contributed by atoms with Crippen molar-refractivity contribution in [2.75, 3.05) is 0 Å². The van der Waals surface area contributed by atoms with E-state index in [0.29, 0.717) is 11.1 Å². The lowest BCUT2D eigenvalue weighted by Gasteiger charge is -2.02. The highest BCUT2D eigenvalue weighted by Gasteiger charge is 2.08. The van der Waals surface area contributed by atoms with Gasteiger partial charge in [0.1, 0.15) is 12.1 Å². The fourth-order valence-corrected chi connectivity index (χ4v) is 1.46. The van der Waals surface area contributed by atoms with Crippen LogP contribution in [0, 0.1) is 22.7 Å². The van der Waals surface area contributed by atoms with E-state index >= 15 is 0 Å². The number of nitrogens with zero attached hydrogens (tertiary/aromatic N) is 2. The lowest BCUT2D eigenvalue weighted by Crippen LogP contribution is -1.94. The highest BCUT2D eigenvalue weighted by atomic mass is 16.4. The maximum absolute atomic E-state index is 10.6. The van der Waals surface area contributed by atoms with Crippen molar-refractivity contribution in [2.45, 2.75) is 0 Å². The van der Waals surface area contributed by atoms with Crippen molar-refractivity contribution in [2.24, 2.45) is 0 Å². The third kappa shape index (κ3) is 3.83. The van der Waals surface area contributed by atoms with Crippen LogP contribution in [0.15, 0.2) is 36.4 Å². The van der Waals surface area contributed by atoms with Crippen LogP contribution in [-0.4, -0.2) is 22.2 Å². The molecule has 0 unspecified atom stereocenters. The predicted octanol–water partition coefficient (Wildman–Crippen LogP) is 1.67. The Bertz CT molecular complexity index is 645. The number of nitriles is 2. The van der Waals surface area contributed by atoms with Crippen LogP contribution in [0.5, 0.6) is 0 Å². The Balaban J connectivity index is 3.35. The summed E-state index contributed by atoms with van der Waals surface area (Å²) in [6, 6.07) is 9.36. The zero-order valence-electron chi connectivity index (χ0n) is 10.1. The third-order valence-corrected chi connectivity index (χ3v) is 2.26. The van der Waals surface area contributed by atoms with Gasteiger partial charge in [-0.15, -0.1) is 0 Å². The van der Waals surface area contributed by atoms with Crippen LogP contribution in [0.4, 0.5) is 0 Å². The lowest BCUT2D eigenvalue weighted by molar-refractivity contribution is -0.132. The first-order valence-electron chi connectivity index (χ1n) is 5.28. The molecule has 0 spiro atoms. The van der Waals surface area contributed by atoms with Gasteiger partial charge >= 0.3 is 11.9 Å². The summed E-state index contributed by atoms with van der Waals surface area (Å²) >= 11 is 0. The number of hydrogen-bond acceptors (Lipinski definition) is 4. The zero-order valence-corrected chi connectivity index (χ0v) is 10.1. The standard InChI is InChI=1S/C14H8N2O4/c15-7-11(5-13(17)18)9-2-1-3-10(4-9)12(8-16)6-14(19)20/h1-6H,(H,17,18)(H,19,20). The minimum atomic E-state index is -1.27. The lowest BCUT2D eigenvalue weighted by atomic mass is 9.99. The molecular formula is C14H8N2O4. The minimum Gasteiger partial charge on any atom is -0.478 e. The molecule has 0 amide bonds. The summed E-state index contributed by atoms with van der Waals surface area (Å²) < 4.78 is 0. The second kappa shape index (κ2) is 6.53. The molecule has 0 fully saturated rings. The van der Waals surface area contributed by atoms with Crippen LogP contribution in [0.25, 0.3) is 11.1 Å². The first-order chi connectivity index (χ1) is 9.47. The normalized spacial score (nSPS) is 11.3. The number of allylic oxidation sites excluding steroid dienone is 2. The highest BCUT2D eigenvalue weighted by molar-refractivity contribution is 5.97. The van der Waals surface area contributed by atoms with Gasteiger partial charge in [0.25, 0.3) is 0 Å². The summed E-state index contributed by atoms with van der Waals surface area (Å²) in [5, 5.41) is 35.1. The van der Waals surface area contributed by atoms with Crippen LogP contribution in [0.2, 0.25) is 0 Å². The van der Waals surface area contributed by atoms with Crippen molar-refractivity contribution in [3.8, 4) is 12.1 Å². The van der Waals surface area contributed by atoms with Gasteiger partial charge in [-0.3, -0.25) is 0 Å². The summed E-state index contributed by atoms with van der Waals surface area (Å²) in [4.78, 5) is 21.2. The van der Waals surface area contributed by atoms with Crippen LogP contribution >= 0.6 is 0 Å². The first kappa shape index (κ1) is 14.7. The highest BCUT2D eigenvalue weighted by Crippen LogP contribution is 2.20. The number of hydrogen-bond donors (Lipinski definition) is 2. The summed E-state index contributed by atoms with van der Waals surface area (Å²) in [5.74, 6) is -2.54. The molecule has 0 heterocycles. The molecule has 2 N–H and O–H groups in total. The Labute approximate surface area is 114 Å². The Morgan fingerprint density at radius 1 is 0.950 bits per heavy atom. The number of carboxylic acid groups (broad SMARTS) is 2. The zero-order chi connectivity index (χ0) is 15.1. The van der Waals surface area contributed by atoms with E-state index in [-0.39, 0.29) is 11.1 Å². The fourth-order valence-electron chi connectivity index (χ4n) is 1.46. The van der Waals surface area contributed by atoms with Crippen molar-refractivity contribution in [3.63, 3.8) is 0 Å². The van der Waals surface area contributed by atoms with Crippen molar-refractivity contribution < 1.29 is 19.8 Å². The van der Waals surface area contributed by atoms with E-state index in [4.69, 9.17) is 20.7 Å². The van der Waals surface area contributed by atoms with Crippen molar-refractivity contribution in [1.29, 1.82) is 10.5 Å². The molecule has 0 aliphatic carbocycles. The molecule has 0 aliphatic rings. The summed E-state index contributed by atoms with van der Waals surface area (Å²) in [7, 11) is 0. The molecule has 0 atom stereocenters. The van der Waals surface area contributed by atoms with Gasteiger partial charge < -0.3 is 10.2 Å². The molecule has 1 aromatic rings. The molecule has 0 aromatic heterocycles. The van der Waals surface area contributed by atoms with Gasteiger partial charge in [-0.2, -0.15) is 10.5 Å². The van der Waals surface area contributed by atoms with E-state index < -0.39 is 11.9 Å². The second-order valence-electron chi connectivity index (χ2n) is 3.60. The maximum atomic E-state index is 10.6. The molecular weight excluding hydrogens is 260 g/mol. The van der Waals surface area contributed by atoms with Gasteiger partial charge in [0, 0.05) is 12.2 Å². The van der Waals surface area contributed by atoms with E-state index in [0.717, 1.165) is 12.2 Å². The Morgan fingerprint density at radius 3 is 1.65 bits per heavy atom. The molecule has 6 nitrogen and oxygen atoms in total. The van der Waals surface area contributed by atoms with E-state index in [1.54, 1.807) is 12.1 Å². The van der Waals surface area contributed by atoms with Crippen molar-refractivity contribution in [3.05, 3.63) is 47.5 Å². The quantitative estimate of drug-likeness (QED) is 0.632. The number of carboxylic acids is 2. The smallest absolute Gasteiger partial charge is 0.329 e. The first-order valence-corrected chi connectivity index (χ1v) is 5.28. The van der Waals surface area contributed by atoms with Crippen LogP contribution in [0.1, 0.15) is 11.1 Å². The molecule has 6 heteroatoms. The summed E-state index contributed by atoms with van der Waals surface area (Å²) in [5.41, 5.74) is 0.400. The Morgan fingerprint density at radius 2 is 1.35 bits per heavy atom. The van der Waals surface area contributed by atoms with Gasteiger partial charge in [-0.25, -0.2) is 9.59 Å². The van der Waals surface area contributed by atoms with Crippen LogP contribution in [-0.2, 0) is 9.59 Å². The molecule has 0 saturated heterocycles. The van der Waals surface area contributed by atoms with Gasteiger partial charge in [-0.1, -0.05) is 18.2 Å². The Hall–Kier alpha value is -3.38. The molecule has 20 heavy (non-hydrogen) atoms. The monoisotopic (exact) mass is 268 g/mol. The molecule has 0 radical (unpaired) electrons. The van der Waals surface area contributed by atoms with Gasteiger partial charge in [-0.05, 0) is 17.2 Å². The number of rotatable bonds is 4. The van der Waals surface area contributed by atoms with Crippen LogP contribution in [0.3, 0.4) is 0 Å². The SMILES string of the molecule is N#CC(=CC(=O)O)c1cccc(C(C#N)=CC(=O)O)c1. The largest absolute Gasteiger partial charge is 0.478 e. The molecule has 0 aliphatic heterocycles. The van der Waals surface area contributed by atoms with E-state index in [1.807, 2.05) is 0 Å². The molecule has 98 valence electrons. The maximum Gasteiger partial charge on any atom is 0.329 e. The van der Waals surface area contributed by atoms with E-state index in [1.165, 1.54) is 24.3 Å². The summed E-state index contributed by atoms with van der Waals surface area (Å²) in [6.45, 7) is 0. The average molecular weight is 268 g/mol. The van der Waals surface area contributed by atoms with Gasteiger partial charge in [0.2, 0.25) is 0 Å². The third-order valence-electron chi connectivity index (χ3n) is 2.26. The fraction of sp³-hybridized carbons (Fsp3) is 0. The molecule has 1 rings (SSSR count). The van der Waals surface area contributed by atoms with Crippen molar-refractivity contribution >= 4 is 23.1 Å². The molecule has 0 saturated carbocycles.